The molecule has 10 heteroatoms. The zero-order valence-electron chi connectivity index (χ0n) is 17.4. The van der Waals surface area contributed by atoms with E-state index in [0.29, 0.717) is 18.2 Å². The van der Waals surface area contributed by atoms with Crippen molar-refractivity contribution in [3.63, 3.8) is 0 Å². The Morgan fingerprint density at radius 2 is 1.88 bits per heavy atom. The fourth-order valence-corrected chi connectivity index (χ4v) is 5.56. The van der Waals surface area contributed by atoms with Gasteiger partial charge in [-0.3, -0.25) is 4.98 Å². The summed E-state index contributed by atoms with van der Waals surface area (Å²) in [6, 6.07) is 16.2. The van der Waals surface area contributed by atoms with Crippen LogP contribution in [0, 0.1) is 6.92 Å². The smallest absolute Gasteiger partial charge is 0.188 e. The summed E-state index contributed by atoms with van der Waals surface area (Å²) >= 11 is 4.91. The first-order chi connectivity index (χ1) is 15.2. The van der Waals surface area contributed by atoms with Crippen LogP contribution in [0.5, 0.6) is 5.75 Å². The Kier molecular flexibility index (Phi) is 8.94. The number of pyridine rings is 2. The summed E-state index contributed by atoms with van der Waals surface area (Å²) in [6.07, 6.45) is 3.71. The number of hydrogen-bond donors (Lipinski definition) is 1. The first kappa shape index (κ1) is 25.3. The number of benzene rings is 1. The molecule has 0 aliphatic rings. The predicted molar refractivity (Wildman–Crippen MR) is 143 cm³/mol. The molecule has 4 heterocycles. The Morgan fingerprint density at radius 1 is 1.03 bits per heavy atom. The molecule has 0 amide bonds. The van der Waals surface area contributed by atoms with Crippen LogP contribution in [0.2, 0.25) is 0 Å². The maximum absolute atomic E-state index is 6.18. The van der Waals surface area contributed by atoms with Gasteiger partial charge >= 0.3 is 0 Å². The van der Waals surface area contributed by atoms with Crippen molar-refractivity contribution in [2.24, 2.45) is 0 Å². The van der Waals surface area contributed by atoms with Gasteiger partial charge in [-0.25, -0.2) is 9.97 Å². The highest BCUT2D eigenvalue weighted by Gasteiger charge is 2.12. The molecule has 1 aromatic carbocycles. The van der Waals surface area contributed by atoms with Crippen LogP contribution in [0.4, 0.5) is 10.9 Å². The van der Waals surface area contributed by atoms with Crippen molar-refractivity contribution in [1.29, 1.82) is 0 Å². The van der Waals surface area contributed by atoms with Gasteiger partial charge in [0.05, 0.1) is 15.9 Å². The first-order valence-electron chi connectivity index (χ1n) is 9.60. The summed E-state index contributed by atoms with van der Waals surface area (Å²) in [4.78, 5) is 15.7. The lowest BCUT2D eigenvalue weighted by atomic mass is 10.2. The largest absolute Gasteiger partial charge is 0.485 e. The molecule has 0 aliphatic carbocycles. The molecule has 0 spiro atoms. The third kappa shape index (κ3) is 6.16. The van der Waals surface area contributed by atoms with E-state index in [1.807, 2.05) is 73.2 Å². The molecule has 5 aromatic rings. The molecular formula is C23H20Cl2N4OS3. The predicted octanol–water partition coefficient (Wildman–Crippen LogP) is 7.77. The molecule has 0 saturated heterocycles. The Morgan fingerprint density at radius 3 is 2.67 bits per heavy atom. The molecule has 0 fully saturated rings. The van der Waals surface area contributed by atoms with Crippen LogP contribution in [-0.4, -0.2) is 15.0 Å². The number of aromatic nitrogens is 3. The Labute approximate surface area is 216 Å². The van der Waals surface area contributed by atoms with Crippen molar-refractivity contribution >= 4 is 80.4 Å². The zero-order valence-corrected chi connectivity index (χ0v) is 21.5. The molecular weight excluding hydrogens is 515 g/mol. The second kappa shape index (κ2) is 11.7. The number of nitrogens with one attached hydrogen (secondary N) is 1. The van der Waals surface area contributed by atoms with Crippen LogP contribution in [0.25, 0.3) is 10.2 Å². The lowest BCUT2D eigenvalue weighted by molar-refractivity contribution is 0.306. The second-order valence-corrected chi connectivity index (χ2v) is 9.65. The number of thiazole rings is 1. The Hall–Kier alpha value is -2.36. The first-order valence-corrected chi connectivity index (χ1v) is 12.2. The van der Waals surface area contributed by atoms with E-state index in [1.54, 1.807) is 34.4 Å². The van der Waals surface area contributed by atoms with E-state index in [4.69, 9.17) is 4.74 Å². The highest BCUT2D eigenvalue weighted by molar-refractivity contribution is 7.99. The van der Waals surface area contributed by atoms with E-state index in [1.165, 1.54) is 4.70 Å². The molecule has 0 aliphatic heterocycles. The Bertz CT molecular complexity index is 1330. The van der Waals surface area contributed by atoms with Gasteiger partial charge in [0.2, 0.25) is 0 Å². The minimum absolute atomic E-state index is 0. The number of halogens is 2. The number of anilines is 2. The highest BCUT2D eigenvalue weighted by Crippen LogP contribution is 2.38. The topological polar surface area (TPSA) is 59.9 Å². The minimum atomic E-state index is 0. The molecule has 0 atom stereocenters. The molecule has 5 nitrogen and oxygen atoms in total. The number of ether oxygens (including phenoxy) is 1. The lowest BCUT2D eigenvalue weighted by Crippen LogP contribution is -2.01. The number of hydrogen-bond acceptors (Lipinski definition) is 8. The SMILES string of the molecule is Cc1csc(Nc2ncc(Sc3ccnc4ccsc34)cc2OCc2ccccc2)n1.Cl.Cl. The van der Waals surface area contributed by atoms with Crippen molar-refractivity contribution in [3.05, 3.63) is 82.9 Å². The molecule has 5 rings (SSSR count). The van der Waals surface area contributed by atoms with Crippen molar-refractivity contribution < 1.29 is 4.74 Å². The third-order valence-corrected chi connectivity index (χ3v) is 7.41. The molecule has 33 heavy (non-hydrogen) atoms. The fraction of sp³-hybridized carbons (Fsp3) is 0.0870. The van der Waals surface area contributed by atoms with Gasteiger partial charge in [-0.1, -0.05) is 42.1 Å². The van der Waals surface area contributed by atoms with Crippen molar-refractivity contribution in [1.82, 2.24) is 15.0 Å². The third-order valence-electron chi connectivity index (χ3n) is 4.44. The van der Waals surface area contributed by atoms with Gasteiger partial charge in [-0.2, -0.15) is 0 Å². The van der Waals surface area contributed by atoms with Gasteiger partial charge < -0.3 is 10.1 Å². The number of rotatable bonds is 7. The number of thiophene rings is 1. The van der Waals surface area contributed by atoms with Crippen LogP contribution >= 0.6 is 59.2 Å². The van der Waals surface area contributed by atoms with Crippen molar-refractivity contribution in [2.45, 2.75) is 23.3 Å². The number of fused-ring (bicyclic) bond motifs is 1. The average Bonchev–Trinajstić information content (AvgIpc) is 3.44. The summed E-state index contributed by atoms with van der Waals surface area (Å²) in [6.45, 7) is 2.44. The molecule has 0 saturated carbocycles. The summed E-state index contributed by atoms with van der Waals surface area (Å²) in [5, 5.41) is 8.17. The van der Waals surface area contributed by atoms with Gasteiger partial charge in [-0.15, -0.1) is 47.5 Å². The summed E-state index contributed by atoms with van der Waals surface area (Å²) in [5.74, 6) is 1.35. The summed E-state index contributed by atoms with van der Waals surface area (Å²) in [5.41, 5.74) is 3.09. The van der Waals surface area contributed by atoms with Gasteiger partial charge in [0.1, 0.15) is 6.61 Å². The zero-order chi connectivity index (χ0) is 21.0. The van der Waals surface area contributed by atoms with Crippen LogP contribution in [0.15, 0.2) is 81.5 Å². The maximum Gasteiger partial charge on any atom is 0.188 e. The summed E-state index contributed by atoms with van der Waals surface area (Å²) < 4.78 is 7.36. The highest BCUT2D eigenvalue weighted by atomic mass is 35.5. The molecule has 4 aromatic heterocycles. The van der Waals surface area contributed by atoms with E-state index >= 15 is 0 Å². The quantitative estimate of drug-likeness (QED) is 0.230. The van der Waals surface area contributed by atoms with E-state index in [0.717, 1.165) is 31.7 Å². The average molecular weight is 536 g/mol. The van der Waals surface area contributed by atoms with Crippen LogP contribution in [0.3, 0.4) is 0 Å². The van der Waals surface area contributed by atoms with Crippen molar-refractivity contribution in [3.8, 4) is 5.75 Å². The van der Waals surface area contributed by atoms with Crippen LogP contribution in [0.1, 0.15) is 11.3 Å². The van der Waals surface area contributed by atoms with Crippen molar-refractivity contribution in [2.75, 3.05) is 5.32 Å². The molecule has 1 N–H and O–H groups in total. The van der Waals surface area contributed by atoms with Gasteiger partial charge in [0.25, 0.3) is 0 Å². The van der Waals surface area contributed by atoms with Gasteiger partial charge in [0, 0.05) is 27.6 Å². The second-order valence-electron chi connectivity index (χ2n) is 6.76. The van der Waals surface area contributed by atoms with E-state index in [9.17, 15) is 0 Å². The standard InChI is InChI=1S/C23H18N4OS3.2ClH/c1-15-14-30-23(26-15)27-22-19(28-13-16-5-3-2-4-6-16)11-17(12-25-22)31-20-7-9-24-18-8-10-29-21(18)20;;/h2-12,14H,13H2,1H3,(H,25,26,27);2*1H. The monoisotopic (exact) mass is 534 g/mol. The molecule has 0 bridgehead atoms. The van der Waals surface area contributed by atoms with E-state index in [-0.39, 0.29) is 24.8 Å². The van der Waals surface area contributed by atoms with Crippen LogP contribution < -0.4 is 10.1 Å². The maximum atomic E-state index is 6.18. The Balaban J connectivity index is 0.00000153. The van der Waals surface area contributed by atoms with Gasteiger partial charge in [-0.05, 0) is 36.1 Å². The normalized spacial score (nSPS) is 10.3. The van der Waals surface area contributed by atoms with E-state index in [2.05, 4.69) is 25.6 Å². The van der Waals surface area contributed by atoms with Gasteiger partial charge in [0.15, 0.2) is 16.7 Å². The molecule has 0 unspecified atom stereocenters. The van der Waals surface area contributed by atoms with Crippen LogP contribution in [-0.2, 0) is 6.61 Å². The fourth-order valence-electron chi connectivity index (χ4n) is 2.99. The number of aryl methyl sites for hydroxylation is 1. The minimum Gasteiger partial charge on any atom is -0.485 e. The molecule has 0 radical (unpaired) electrons. The van der Waals surface area contributed by atoms with E-state index < -0.39 is 0 Å². The molecule has 170 valence electrons. The lowest BCUT2D eigenvalue weighted by Gasteiger charge is -2.13. The number of nitrogens with zero attached hydrogens (tertiary/aromatic N) is 3. The summed E-state index contributed by atoms with van der Waals surface area (Å²) in [7, 11) is 0.